The van der Waals surface area contributed by atoms with Gasteiger partial charge in [0.2, 0.25) is 0 Å². The minimum Gasteiger partial charge on any atom is -0.346 e. The smallest absolute Gasteiger partial charge is 0.251 e. The Labute approximate surface area is 135 Å². The molecule has 0 radical (unpaired) electrons. The van der Waals surface area contributed by atoms with Gasteiger partial charge in [0.15, 0.2) is 0 Å². The highest BCUT2D eigenvalue weighted by molar-refractivity contribution is 5.94. The van der Waals surface area contributed by atoms with Crippen molar-refractivity contribution in [3.8, 4) is 0 Å². The van der Waals surface area contributed by atoms with Gasteiger partial charge < -0.3 is 5.32 Å². The Morgan fingerprint density at radius 1 is 1.30 bits per heavy atom. The maximum atomic E-state index is 12.4. The van der Waals surface area contributed by atoms with Crippen LogP contribution in [0.4, 0.5) is 0 Å². The summed E-state index contributed by atoms with van der Waals surface area (Å²) in [5, 5.41) is 14.1. The lowest BCUT2D eigenvalue weighted by Gasteiger charge is -2.21. The Balaban J connectivity index is 1.60. The monoisotopic (exact) mass is 311 g/mol. The van der Waals surface area contributed by atoms with Gasteiger partial charge in [-0.05, 0) is 60.7 Å². The van der Waals surface area contributed by atoms with Gasteiger partial charge >= 0.3 is 0 Å². The summed E-state index contributed by atoms with van der Waals surface area (Å²) in [6.07, 6.45) is 8.53. The van der Waals surface area contributed by atoms with Crippen LogP contribution in [0.5, 0.6) is 0 Å². The summed E-state index contributed by atoms with van der Waals surface area (Å²) in [5.74, 6) is -0.0297. The van der Waals surface area contributed by atoms with Crippen LogP contribution in [0.1, 0.15) is 48.5 Å². The van der Waals surface area contributed by atoms with E-state index >= 15 is 0 Å². The van der Waals surface area contributed by atoms with Gasteiger partial charge in [-0.3, -0.25) is 4.79 Å². The van der Waals surface area contributed by atoms with Crippen LogP contribution in [0.3, 0.4) is 0 Å². The first-order valence-corrected chi connectivity index (χ1v) is 8.02. The largest absolute Gasteiger partial charge is 0.346 e. The van der Waals surface area contributed by atoms with Crippen LogP contribution in [0.25, 0.3) is 0 Å². The summed E-state index contributed by atoms with van der Waals surface area (Å²) >= 11 is 0. The molecule has 0 fully saturated rings. The van der Waals surface area contributed by atoms with Crippen molar-refractivity contribution in [2.75, 3.05) is 0 Å². The molecule has 6 nitrogen and oxygen atoms in total. The number of hydrogen-bond donors (Lipinski definition) is 1. The molecule has 1 aromatic carbocycles. The second-order valence-corrected chi connectivity index (χ2v) is 5.92. The van der Waals surface area contributed by atoms with E-state index in [1.165, 1.54) is 18.4 Å². The third-order valence-electron chi connectivity index (χ3n) is 4.18. The Morgan fingerprint density at radius 3 is 2.78 bits per heavy atom. The molecule has 0 saturated heterocycles. The van der Waals surface area contributed by atoms with Crippen LogP contribution in [0.15, 0.2) is 42.2 Å². The fourth-order valence-corrected chi connectivity index (χ4v) is 2.83. The second kappa shape index (κ2) is 7.17. The highest BCUT2D eigenvalue weighted by atomic mass is 16.1. The Morgan fingerprint density at radius 2 is 2.13 bits per heavy atom. The van der Waals surface area contributed by atoms with E-state index in [1.807, 2.05) is 24.3 Å². The minimum absolute atomic E-state index is 0.0297. The standard InChI is InChI=1S/C17H21N5O/c1-13(15-5-3-2-4-6-15)19-17(23)16-9-7-14(8-10-16)11-22-12-18-20-21-22/h5,7-10,12-13H,2-4,6,11H2,1H3,(H,19,23)/t13-/m0/s1. The Kier molecular flexibility index (Phi) is 4.80. The van der Waals surface area contributed by atoms with Crippen molar-refractivity contribution in [1.82, 2.24) is 25.5 Å². The quantitative estimate of drug-likeness (QED) is 0.860. The summed E-state index contributed by atoms with van der Waals surface area (Å²) in [5.41, 5.74) is 3.07. The van der Waals surface area contributed by atoms with E-state index in [9.17, 15) is 4.79 Å². The van der Waals surface area contributed by atoms with Gasteiger partial charge in [0, 0.05) is 11.6 Å². The van der Waals surface area contributed by atoms with Crippen LogP contribution < -0.4 is 5.32 Å². The fourth-order valence-electron chi connectivity index (χ4n) is 2.83. The number of tetrazole rings is 1. The lowest BCUT2D eigenvalue weighted by molar-refractivity contribution is 0.0944. The normalized spacial score (nSPS) is 15.8. The van der Waals surface area contributed by atoms with E-state index in [4.69, 9.17) is 0 Å². The molecule has 3 rings (SSSR count). The number of allylic oxidation sites excluding steroid dienone is 1. The number of carbonyl (C=O) groups excluding carboxylic acids is 1. The van der Waals surface area contributed by atoms with Crippen molar-refractivity contribution in [3.05, 3.63) is 53.4 Å². The zero-order valence-electron chi connectivity index (χ0n) is 13.3. The molecule has 23 heavy (non-hydrogen) atoms. The summed E-state index contributed by atoms with van der Waals surface area (Å²) in [4.78, 5) is 12.4. The number of benzene rings is 1. The van der Waals surface area contributed by atoms with Crippen LogP contribution >= 0.6 is 0 Å². The molecule has 0 spiro atoms. The molecule has 2 aromatic rings. The molecule has 1 aromatic heterocycles. The molecule has 0 unspecified atom stereocenters. The molecule has 120 valence electrons. The first kappa shape index (κ1) is 15.4. The molecule has 1 amide bonds. The molecule has 0 aliphatic heterocycles. The third kappa shape index (κ3) is 4.03. The zero-order valence-corrected chi connectivity index (χ0v) is 13.3. The molecular formula is C17H21N5O. The number of aromatic nitrogens is 4. The fraction of sp³-hybridized carbons (Fsp3) is 0.412. The molecule has 1 heterocycles. The Hall–Kier alpha value is -2.50. The topological polar surface area (TPSA) is 72.7 Å². The van der Waals surface area contributed by atoms with Crippen LogP contribution in [0.2, 0.25) is 0 Å². The highest BCUT2D eigenvalue weighted by Crippen LogP contribution is 2.20. The molecule has 1 atom stereocenters. The average Bonchev–Trinajstić information content (AvgIpc) is 3.09. The van der Waals surface area contributed by atoms with Gasteiger partial charge in [-0.15, -0.1) is 5.10 Å². The average molecular weight is 311 g/mol. The van der Waals surface area contributed by atoms with Gasteiger partial charge in [-0.2, -0.15) is 0 Å². The van der Waals surface area contributed by atoms with Crippen LogP contribution in [0, 0.1) is 0 Å². The Bertz CT molecular complexity index is 676. The van der Waals surface area contributed by atoms with Gasteiger partial charge in [0.1, 0.15) is 6.33 Å². The van der Waals surface area contributed by atoms with Crippen molar-refractivity contribution < 1.29 is 4.79 Å². The zero-order chi connectivity index (χ0) is 16.1. The van der Waals surface area contributed by atoms with E-state index in [1.54, 1.807) is 11.0 Å². The molecule has 6 heteroatoms. The molecular weight excluding hydrogens is 290 g/mol. The van der Waals surface area contributed by atoms with Gasteiger partial charge in [-0.25, -0.2) is 4.68 Å². The van der Waals surface area contributed by atoms with Crippen molar-refractivity contribution in [1.29, 1.82) is 0 Å². The highest BCUT2D eigenvalue weighted by Gasteiger charge is 2.15. The van der Waals surface area contributed by atoms with Gasteiger partial charge in [0.05, 0.1) is 6.54 Å². The molecule has 1 aliphatic rings. The first-order valence-electron chi connectivity index (χ1n) is 8.02. The lowest BCUT2D eigenvalue weighted by atomic mass is 9.94. The molecule has 1 N–H and O–H groups in total. The van der Waals surface area contributed by atoms with E-state index < -0.39 is 0 Å². The molecule has 0 bridgehead atoms. The van der Waals surface area contributed by atoms with Crippen molar-refractivity contribution in [2.45, 2.75) is 45.2 Å². The van der Waals surface area contributed by atoms with Crippen LogP contribution in [-0.4, -0.2) is 32.2 Å². The first-order chi connectivity index (χ1) is 11.2. The van der Waals surface area contributed by atoms with E-state index in [0.29, 0.717) is 12.1 Å². The number of rotatable bonds is 5. The SMILES string of the molecule is C[C@H](NC(=O)c1ccc(Cn2cnnn2)cc1)C1=CCCCC1. The lowest BCUT2D eigenvalue weighted by Crippen LogP contribution is -2.34. The molecule has 1 aliphatic carbocycles. The summed E-state index contributed by atoms with van der Waals surface area (Å²) in [6, 6.07) is 7.65. The van der Waals surface area contributed by atoms with Gasteiger partial charge in [0.25, 0.3) is 5.91 Å². The van der Waals surface area contributed by atoms with Crippen molar-refractivity contribution in [2.24, 2.45) is 0 Å². The summed E-state index contributed by atoms with van der Waals surface area (Å²) in [6.45, 7) is 2.65. The van der Waals surface area contributed by atoms with E-state index in [-0.39, 0.29) is 11.9 Å². The predicted octanol–water partition coefficient (Wildman–Crippen LogP) is 2.34. The number of hydrogen-bond acceptors (Lipinski definition) is 4. The third-order valence-corrected chi connectivity index (χ3v) is 4.18. The number of amides is 1. The van der Waals surface area contributed by atoms with Crippen LogP contribution in [-0.2, 0) is 6.54 Å². The van der Waals surface area contributed by atoms with Crippen molar-refractivity contribution in [3.63, 3.8) is 0 Å². The maximum absolute atomic E-state index is 12.4. The number of nitrogens with zero attached hydrogens (tertiary/aromatic N) is 4. The van der Waals surface area contributed by atoms with E-state index in [0.717, 1.165) is 18.4 Å². The second-order valence-electron chi connectivity index (χ2n) is 5.92. The maximum Gasteiger partial charge on any atom is 0.251 e. The number of carbonyl (C=O) groups is 1. The predicted molar refractivity (Wildman–Crippen MR) is 86.8 cm³/mol. The van der Waals surface area contributed by atoms with Gasteiger partial charge in [-0.1, -0.05) is 23.8 Å². The molecule has 0 saturated carbocycles. The number of nitrogens with one attached hydrogen (secondary N) is 1. The summed E-state index contributed by atoms with van der Waals surface area (Å²) in [7, 11) is 0. The van der Waals surface area contributed by atoms with E-state index in [2.05, 4.69) is 33.8 Å². The van der Waals surface area contributed by atoms with Crippen molar-refractivity contribution >= 4 is 5.91 Å². The summed E-state index contributed by atoms with van der Waals surface area (Å²) < 4.78 is 1.65. The minimum atomic E-state index is -0.0297.